The number of para-hydroxylation sites is 1. The molecule has 0 aliphatic carbocycles. The van der Waals surface area contributed by atoms with Gasteiger partial charge in [-0.25, -0.2) is 0 Å². The van der Waals surface area contributed by atoms with Gasteiger partial charge in [0.1, 0.15) is 11.4 Å². The lowest BCUT2D eigenvalue weighted by atomic mass is 10.2. The van der Waals surface area contributed by atoms with Gasteiger partial charge >= 0.3 is 5.69 Å². The van der Waals surface area contributed by atoms with Crippen LogP contribution in [0.15, 0.2) is 36.4 Å². The Bertz CT molecular complexity index is 659. The smallest absolute Gasteiger partial charge is 0.315 e. The van der Waals surface area contributed by atoms with Crippen molar-refractivity contribution in [2.45, 2.75) is 6.92 Å². The number of rotatable bonds is 4. The molecule has 0 aliphatic heterocycles. The van der Waals surface area contributed by atoms with Crippen molar-refractivity contribution in [1.29, 1.82) is 0 Å². The van der Waals surface area contributed by atoms with E-state index in [1.807, 2.05) is 13.0 Å². The van der Waals surface area contributed by atoms with Gasteiger partial charge in [-0.05, 0) is 36.8 Å². The lowest BCUT2D eigenvalue weighted by Crippen LogP contribution is -2.01. The molecule has 0 fully saturated rings. The summed E-state index contributed by atoms with van der Waals surface area (Å²) in [5.74, 6) is 0. The first-order chi connectivity index (χ1) is 9.52. The van der Waals surface area contributed by atoms with Crippen LogP contribution in [0.2, 0.25) is 5.02 Å². The maximum absolute atomic E-state index is 11.2. The van der Waals surface area contributed by atoms with E-state index < -0.39 is 4.92 Å². The number of nitro groups is 1. The molecule has 0 heterocycles. The number of hydrogen-bond donors (Lipinski definition) is 2. The highest BCUT2D eigenvalue weighted by Crippen LogP contribution is 2.36. The molecule has 104 valence electrons. The zero-order valence-corrected chi connectivity index (χ0v) is 11.9. The minimum absolute atomic E-state index is 0.00774. The highest BCUT2D eigenvalue weighted by atomic mass is 35.5. The highest BCUT2D eigenvalue weighted by Gasteiger charge is 2.19. The van der Waals surface area contributed by atoms with E-state index in [1.54, 1.807) is 37.4 Å². The fourth-order valence-corrected chi connectivity index (χ4v) is 2.19. The van der Waals surface area contributed by atoms with Gasteiger partial charge in [-0.3, -0.25) is 10.1 Å². The summed E-state index contributed by atoms with van der Waals surface area (Å²) >= 11 is 6.14. The van der Waals surface area contributed by atoms with E-state index in [2.05, 4.69) is 10.6 Å². The molecule has 0 aromatic heterocycles. The Kier molecular flexibility index (Phi) is 4.10. The summed E-state index contributed by atoms with van der Waals surface area (Å²) in [6.45, 7) is 1.93. The molecule has 0 aliphatic rings. The van der Waals surface area contributed by atoms with Crippen molar-refractivity contribution < 1.29 is 4.92 Å². The average Bonchev–Trinajstić information content (AvgIpc) is 2.41. The first kappa shape index (κ1) is 14.1. The number of aryl methyl sites for hydroxylation is 1. The third kappa shape index (κ3) is 2.83. The van der Waals surface area contributed by atoms with E-state index in [4.69, 9.17) is 11.6 Å². The van der Waals surface area contributed by atoms with Gasteiger partial charge in [0.2, 0.25) is 0 Å². The van der Waals surface area contributed by atoms with Crippen LogP contribution in [0.3, 0.4) is 0 Å². The molecule has 6 heteroatoms. The number of nitro benzene ring substituents is 1. The topological polar surface area (TPSA) is 67.2 Å². The van der Waals surface area contributed by atoms with Crippen molar-refractivity contribution >= 4 is 34.4 Å². The van der Waals surface area contributed by atoms with Crippen LogP contribution in [-0.4, -0.2) is 12.0 Å². The van der Waals surface area contributed by atoms with Gasteiger partial charge in [0.15, 0.2) is 0 Å². The number of benzene rings is 2. The largest absolute Gasteiger partial charge is 0.382 e. The summed E-state index contributed by atoms with van der Waals surface area (Å²) in [4.78, 5) is 10.8. The van der Waals surface area contributed by atoms with Crippen LogP contribution >= 0.6 is 11.6 Å². The van der Waals surface area contributed by atoms with E-state index in [9.17, 15) is 10.1 Å². The fourth-order valence-electron chi connectivity index (χ4n) is 1.91. The Labute approximate surface area is 121 Å². The number of anilines is 3. The molecule has 0 spiro atoms. The highest BCUT2D eigenvalue weighted by molar-refractivity contribution is 6.33. The van der Waals surface area contributed by atoms with E-state index in [1.165, 1.54) is 0 Å². The Hall–Kier alpha value is -2.27. The molecule has 2 aromatic rings. The molecule has 0 bridgehead atoms. The first-order valence-electron chi connectivity index (χ1n) is 6.01. The number of hydrogen-bond acceptors (Lipinski definition) is 4. The van der Waals surface area contributed by atoms with Crippen molar-refractivity contribution in [3.63, 3.8) is 0 Å². The van der Waals surface area contributed by atoms with E-state index in [0.717, 1.165) is 5.56 Å². The molecular weight excluding hydrogens is 278 g/mol. The first-order valence-corrected chi connectivity index (χ1v) is 6.39. The number of nitrogens with one attached hydrogen (secondary N) is 2. The molecule has 0 saturated heterocycles. The van der Waals surface area contributed by atoms with Crippen LogP contribution in [0, 0.1) is 17.0 Å². The van der Waals surface area contributed by atoms with Gasteiger partial charge in [0, 0.05) is 7.05 Å². The number of halogens is 1. The minimum atomic E-state index is -0.420. The van der Waals surface area contributed by atoms with Crippen molar-refractivity contribution in [1.82, 2.24) is 0 Å². The molecular formula is C14H14ClN3O2. The van der Waals surface area contributed by atoms with E-state index in [-0.39, 0.29) is 5.69 Å². The van der Waals surface area contributed by atoms with Crippen LogP contribution in [0.5, 0.6) is 0 Å². The van der Waals surface area contributed by atoms with Crippen LogP contribution in [0.1, 0.15) is 5.56 Å². The second kappa shape index (κ2) is 5.79. The Balaban J connectivity index is 2.45. The van der Waals surface area contributed by atoms with Crippen molar-refractivity contribution in [2.24, 2.45) is 0 Å². The van der Waals surface area contributed by atoms with Gasteiger partial charge in [0.05, 0.1) is 15.6 Å². The second-order valence-electron chi connectivity index (χ2n) is 4.32. The van der Waals surface area contributed by atoms with Crippen LogP contribution < -0.4 is 10.6 Å². The average molecular weight is 292 g/mol. The molecule has 0 unspecified atom stereocenters. The molecule has 0 atom stereocenters. The zero-order chi connectivity index (χ0) is 14.7. The van der Waals surface area contributed by atoms with Crippen LogP contribution in [0.25, 0.3) is 0 Å². The van der Waals surface area contributed by atoms with Gasteiger partial charge < -0.3 is 10.6 Å². The third-order valence-electron chi connectivity index (χ3n) is 2.88. The second-order valence-corrected chi connectivity index (χ2v) is 4.72. The Morgan fingerprint density at radius 3 is 2.45 bits per heavy atom. The van der Waals surface area contributed by atoms with E-state index in [0.29, 0.717) is 22.1 Å². The molecule has 20 heavy (non-hydrogen) atoms. The molecule has 2 aromatic carbocycles. The van der Waals surface area contributed by atoms with Gasteiger partial charge in [-0.15, -0.1) is 0 Å². The lowest BCUT2D eigenvalue weighted by Gasteiger charge is -2.11. The number of nitrogens with zero attached hydrogens (tertiary/aromatic N) is 1. The third-order valence-corrected chi connectivity index (χ3v) is 3.19. The summed E-state index contributed by atoms with van der Waals surface area (Å²) in [5.41, 5.74) is 2.50. The van der Waals surface area contributed by atoms with E-state index >= 15 is 0 Å². The maximum Gasteiger partial charge on any atom is 0.315 e. The quantitative estimate of drug-likeness (QED) is 0.649. The zero-order valence-electron chi connectivity index (χ0n) is 11.1. The molecule has 0 amide bonds. The normalized spacial score (nSPS) is 10.2. The van der Waals surface area contributed by atoms with Gasteiger partial charge in [-0.2, -0.15) is 0 Å². The summed E-state index contributed by atoms with van der Waals surface area (Å²) in [6.07, 6.45) is 0. The Morgan fingerprint density at radius 2 is 1.85 bits per heavy atom. The predicted octanol–water partition coefficient (Wildman–Crippen LogP) is 4.34. The molecule has 0 radical (unpaired) electrons. The van der Waals surface area contributed by atoms with Crippen molar-refractivity contribution in [2.75, 3.05) is 17.7 Å². The van der Waals surface area contributed by atoms with Crippen LogP contribution in [-0.2, 0) is 0 Å². The monoisotopic (exact) mass is 291 g/mol. The lowest BCUT2D eigenvalue weighted by molar-refractivity contribution is -0.383. The summed E-state index contributed by atoms with van der Waals surface area (Å²) < 4.78 is 0. The SMILES string of the molecule is CNc1cccc(Nc2ccc(C)cc2Cl)c1[N+](=O)[O-]. The van der Waals surface area contributed by atoms with Crippen molar-refractivity contribution in [3.05, 3.63) is 57.1 Å². The maximum atomic E-state index is 11.2. The summed E-state index contributed by atoms with van der Waals surface area (Å²) in [7, 11) is 1.64. The molecule has 5 nitrogen and oxygen atoms in total. The molecule has 0 saturated carbocycles. The van der Waals surface area contributed by atoms with Gasteiger partial charge in [-0.1, -0.05) is 23.7 Å². The summed E-state index contributed by atoms with van der Waals surface area (Å²) in [5, 5.41) is 17.6. The van der Waals surface area contributed by atoms with Crippen LogP contribution in [0.4, 0.5) is 22.7 Å². The Morgan fingerprint density at radius 1 is 1.15 bits per heavy atom. The molecule has 2 rings (SSSR count). The molecule has 2 N–H and O–H groups in total. The van der Waals surface area contributed by atoms with Crippen molar-refractivity contribution in [3.8, 4) is 0 Å². The predicted molar refractivity (Wildman–Crippen MR) is 82.1 cm³/mol. The standard InChI is InChI=1S/C14H14ClN3O2/c1-9-6-7-11(10(15)8-9)17-13-5-3-4-12(16-2)14(13)18(19)20/h3-8,16-17H,1-2H3. The summed E-state index contributed by atoms with van der Waals surface area (Å²) in [6, 6.07) is 10.5. The fraction of sp³-hybridized carbons (Fsp3) is 0.143. The minimum Gasteiger partial charge on any atom is -0.382 e. The van der Waals surface area contributed by atoms with Gasteiger partial charge in [0.25, 0.3) is 0 Å².